The second-order valence-electron chi connectivity index (χ2n) is 5.55. The molecule has 1 fully saturated rings. The van der Waals surface area contributed by atoms with Crippen LogP contribution in [0.1, 0.15) is 36.8 Å². The lowest BCUT2D eigenvalue weighted by atomic mass is 10.1. The van der Waals surface area contributed by atoms with Gasteiger partial charge in [0.25, 0.3) is 0 Å². The molecule has 0 bridgehead atoms. The van der Waals surface area contributed by atoms with Crippen LogP contribution in [-0.4, -0.2) is 21.7 Å². The molecule has 0 amide bonds. The lowest BCUT2D eigenvalue weighted by Gasteiger charge is -2.06. The van der Waals surface area contributed by atoms with Crippen LogP contribution in [0.3, 0.4) is 0 Å². The van der Waals surface area contributed by atoms with Crippen molar-refractivity contribution in [3.05, 3.63) is 41.3 Å². The smallest absolute Gasteiger partial charge is 0.115 e. The fraction of sp³-hybridized carbons (Fsp3) is 0.438. The number of aliphatic hydroxyl groups is 1. The fourth-order valence-corrected chi connectivity index (χ4v) is 2.51. The Balaban J connectivity index is 1.96. The zero-order valence-electron chi connectivity index (χ0n) is 11.5. The van der Waals surface area contributed by atoms with Gasteiger partial charge in [-0.05, 0) is 31.7 Å². The third-order valence-electron chi connectivity index (χ3n) is 4.18. The predicted octanol–water partition coefficient (Wildman–Crippen LogP) is 2.97. The first-order valence-corrected chi connectivity index (χ1v) is 6.96. The summed E-state index contributed by atoms with van der Waals surface area (Å²) in [5.74, 6) is 0.946. The van der Waals surface area contributed by atoms with Gasteiger partial charge in [-0.15, -0.1) is 0 Å². The predicted molar refractivity (Wildman–Crippen MR) is 76.1 cm³/mol. The SMILES string of the molecule is CCc1ccc(-c2nc(C3(CO)CC3)[nH]c2C)cc1. The number of H-pyrrole nitrogens is 1. The van der Waals surface area contributed by atoms with Gasteiger partial charge >= 0.3 is 0 Å². The van der Waals surface area contributed by atoms with E-state index in [2.05, 4.69) is 36.2 Å². The minimum absolute atomic E-state index is 0.0909. The van der Waals surface area contributed by atoms with Crippen LogP contribution in [0.4, 0.5) is 0 Å². The summed E-state index contributed by atoms with van der Waals surface area (Å²) >= 11 is 0. The maximum Gasteiger partial charge on any atom is 0.115 e. The molecular formula is C16H20N2O. The highest BCUT2D eigenvalue weighted by molar-refractivity contribution is 5.62. The highest BCUT2D eigenvalue weighted by atomic mass is 16.3. The van der Waals surface area contributed by atoms with Crippen molar-refractivity contribution in [3.63, 3.8) is 0 Å². The van der Waals surface area contributed by atoms with Crippen LogP contribution >= 0.6 is 0 Å². The van der Waals surface area contributed by atoms with Gasteiger partial charge in [-0.3, -0.25) is 0 Å². The summed E-state index contributed by atoms with van der Waals surface area (Å²) in [6.45, 7) is 4.40. The van der Waals surface area contributed by atoms with Gasteiger partial charge in [0.15, 0.2) is 0 Å². The number of imidazole rings is 1. The van der Waals surface area contributed by atoms with Crippen LogP contribution < -0.4 is 0 Å². The molecule has 1 aromatic heterocycles. The summed E-state index contributed by atoms with van der Waals surface area (Å²) in [6.07, 6.45) is 3.12. The molecule has 2 aromatic rings. The first-order chi connectivity index (χ1) is 9.18. The normalized spacial score (nSPS) is 16.6. The third-order valence-corrected chi connectivity index (χ3v) is 4.18. The fourth-order valence-electron chi connectivity index (χ4n) is 2.51. The van der Waals surface area contributed by atoms with Crippen molar-refractivity contribution >= 4 is 0 Å². The third kappa shape index (κ3) is 2.08. The minimum Gasteiger partial charge on any atom is -0.395 e. The Morgan fingerprint density at radius 3 is 2.47 bits per heavy atom. The Morgan fingerprint density at radius 1 is 1.26 bits per heavy atom. The van der Waals surface area contributed by atoms with Crippen LogP contribution in [0.25, 0.3) is 11.3 Å². The van der Waals surface area contributed by atoms with Crippen molar-refractivity contribution in [2.75, 3.05) is 6.61 Å². The van der Waals surface area contributed by atoms with Crippen LogP contribution in [0, 0.1) is 6.92 Å². The lowest BCUT2D eigenvalue weighted by molar-refractivity contribution is 0.250. The maximum absolute atomic E-state index is 9.49. The first kappa shape index (κ1) is 12.4. The van der Waals surface area contributed by atoms with Crippen molar-refractivity contribution in [2.45, 2.75) is 38.5 Å². The van der Waals surface area contributed by atoms with Crippen molar-refractivity contribution in [1.29, 1.82) is 0 Å². The Hall–Kier alpha value is -1.61. The molecule has 0 aliphatic heterocycles. The summed E-state index contributed by atoms with van der Waals surface area (Å²) < 4.78 is 0. The van der Waals surface area contributed by atoms with E-state index in [-0.39, 0.29) is 12.0 Å². The Kier molecular flexibility index (Phi) is 2.94. The van der Waals surface area contributed by atoms with E-state index in [1.807, 2.05) is 6.92 Å². The molecular weight excluding hydrogens is 236 g/mol. The van der Waals surface area contributed by atoms with Crippen LogP contribution in [0.5, 0.6) is 0 Å². The molecule has 1 aromatic carbocycles. The molecule has 3 nitrogen and oxygen atoms in total. The number of nitrogens with one attached hydrogen (secondary N) is 1. The second kappa shape index (κ2) is 4.49. The molecule has 3 rings (SSSR count). The van der Waals surface area contributed by atoms with Crippen molar-refractivity contribution in [3.8, 4) is 11.3 Å². The number of aliphatic hydroxyl groups excluding tert-OH is 1. The van der Waals surface area contributed by atoms with Gasteiger partial charge < -0.3 is 10.1 Å². The standard InChI is InChI=1S/C16H20N2O/c1-3-12-4-6-13(7-5-12)14-11(2)17-15(18-14)16(10-19)8-9-16/h4-7,19H,3,8-10H2,1-2H3,(H,17,18). The molecule has 19 heavy (non-hydrogen) atoms. The van der Waals surface area contributed by atoms with E-state index in [9.17, 15) is 5.11 Å². The van der Waals surface area contributed by atoms with Gasteiger partial charge in [0.2, 0.25) is 0 Å². The average Bonchev–Trinajstić information content (AvgIpc) is 3.16. The zero-order chi connectivity index (χ0) is 13.5. The molecule has 0 unspecified atom stereocenters. The van der Waals surface area contributed by atoms with Crippen molar-refractivity contribution in [1.82, 2.24) is 9.97 Å². The number of nitrogens with zero attached hydrogens (tertiary/aromatic N) is 1. The minimum atomic E-state index is -0.0909. The van der Waals surface area contributed by atoms with E-state index < -0.39 is 0 Å². The van der Waals surface area contributed by atoms with Gasteiger partial charge in [0.1, 0.15) is 5.82 Å². The Labute approximate surface area is 113 Å². The molecule has 2 N–H and O–H groups in total. The monoisotopic (exact) mass is 256 g/mol. The van der Waals surface area contributed by atoms with Gasteiger partial charge in [0.05, 0.1) is 17.7 Å². The van der Waals surface area contributed by atoms with Gasteiger partial charge in [0, 0.05) is 11.3 Å². The van der Waals surface area contributed by atoms with Crippen molar-refractivity contribution < 1.29 is 5.11 Å². The van der Waals surface area contributed by atoms with E-state index in [1.165, 1.54) is 5.56 Å². The quantitative estimate of drug-likeness (QED) is 0.883. The van der Waals surface area contributed by atoms with Crippen LogP contribution in [0.2, 0.25) is 0 Å². The molecule has 0 radical (unpaired) electrons. The molecule has 100 valence electrons. The van der Waals surface area contributed by atoms with E-state index in [0.29, 0.717) is 0 Å². The number of aromatic amines is 1. The molecule has 0 saturated heterocycles. The summed E-state index contributed by atoms with van der Waals surface area (Å²) in [7, 11) is 0. The van der Waals surface area contributed by atoms with Crippen LogP contribution in [-0.2, 0) is 11.8 Å². The summed E-state index contributed by atoms with van der Waals surface area (Å²) in [4.78, 5) is 8.08. The second-order valence-corrected chi connectivity index (χ2v) is 5.55. The largest absolute Gasteiger partial charge is 0.395 e. The Bertz CT molecular complexity index is 579. The highest BCUT2D eigenvalue weighted by Gasteiger charge is 2.46. The van der Waals surface area contributed by atoms with Gasteiger partial charge in [-0.2, -0.15) is 0 Å². The van der Waals surface area contributed by atoms with Crippen molar-refractivity contribution in [2.24, 2.45) is 0 Å². The van der Waals surface area contributed by atoms with E-state index in [4.69, 9.17) is 4.98 Å². The number of aryl methyl sites for hydroxylation is 2. The van der Waals surface area contributed by atoms with E-state index in [0.717, 1.165) is 42.0 Å². The number of hydrogen-bond acceptors (Lipinski definition) is 2. The van der Waals surface area contributed by atoms with E-state index >= 15 is 0 Å². The lowest BCUT2D eigenvalue weighted by Crippen LogP contribution is -2.13. The number of hydrogen-bond donors (Lipinski definition) is 2. The van der Waals surface area contributed by atoms with Gasteiger partial charge in [-0.1, -0.05) is 31.2 Å². The first-order valence-electron chi connectivity index (χ1n) is 6.96. The molecule has 0 spiro atoms. The molecule has 1 saturated carbocycles. The van der Waals surface area contributed by atoms with Crippen LogP contribution in [0.15, 0.2) is 24.3 Å². The number of aromatic nitrogens is 2. The maximum atomic E-state index is 9.49. The molecule has 1 aliphatic carbocycles. The number of benzene rings is 1. The zero-order valence-corrected chi connectivity index (χ0v) is 11.5. The topological polar surface area (TPSA) is 48.9 Å². The van der Waals surface area contributed by atoms with Gasteiger partial charge in [-0.25, -0.2) is 4.98 Å². The molecule has 1 aliphatic rings. The molecule has 1 heterocycles. The molecule has 0 atom stereocenters. The molecule has 3 heteroatoms. The average molecular weight is 256 g/mol. The van der Waals surface area contributed by atoms with E-state index in [1.54, 1.807) is 0 Å². The number of rotatable bonds is 4. The highest BCUT2D eigenvalue weighted by Crippen LogP contribution is 2.47. The summed E-state index contributed by atoms with van der Waals surface area (Å²) in [5.41, 5.74) is 4.49. The summed E-state index contributed by atoms with van der Waals surface area (Å²) in [5, 5.41) is 9.49. The Morgan fingerprint density at radius 2 is 1.95 bits per heavy atom. The summed E-state index contributed by atoms with van der Waals surface area (Å²) in [6, 6.07) is 8.57.